The number of benzene rings is 2. The maximum Gasteiger partial charge on any atom is 0.258 e. The molecule has 0 saturated carbocycles. The van der Waals surface area contributed by atoms with Gasteiger partial charge in [0.05, 0.1) is 12.2 Å². The summed E-state index contributed by atoms with van der Waals surface area (Å²) < 4.78 is 31.3. The van der Waals surface area contributed by atoms with Crippen LogP contribution in [0.5, 0.6) is 5.75 Å². The van der Waals surface area contributed by atoms with Gasteiger partial charge in [-0.1, -0.05) is 18.2 Å². The Bertz CT molecular complexity index is 693. The van der Waals surface area contributed by atoms with E-state index in [4.69, 9.17) is 4.74 Å². The Balaban J connectivity index is 1.74. The number of ether oxygens (including phenoxy) is 1. The summed E-state index contributed by atoms with van der Waals surface area (Å²) in [5.74, 6) is -2.24. The van der Waals surface area contributed by atoms with Crippen molar-refractivity contribution in [2.45, 2.75) is 0 Å². The average Bonchev–Trinajstić information content (AvgIpc) is 2.54. The molecule has 7 heteroatoms. The number of carbonyl (C=O) groups is 2. The van der Waals surface area contributed by atoms with Gasteiger partial charge in [0.1, 0.15) is 17.4 Å². The lowest BCUT2D eigenvalue weighted by atomic mass is 10.3. The van der Waals surface area contributed by atoms with Gasteiger partial charge in [-0.25, -0.2) is 8.78 Å². The molecule has 0 aliphatic heterocycles. The lowest BCUT2D eigenvalue weighted by Gasteiger charge is -2.09. The van der Waals surface area contributed by atoms with E-state index in [1.807, 2.05) is 6.07 Å². The normalized spacial score (nSPS) is 10.0. The minimum atomic E-state index is -0.892. The van der Waals surface area contributed by atoms with E-state index >= 15 is 0 Å². The van der Waals surface area contributed by atoms with Crippen molar-refractivity contribution in [3.63, 3.8) is 0 Å². The summed E-state index contributed by atoms with van der Waals surface area (Å²) in [6.45, 7) is -0.601. The molecule has 0 aliphatic carbocycles. The average molecular weight is 320 g/mol. The van der Waals surface area contributed by atoms with Crippen molar-refractivity contribution in [3.8, 4) is 5.75 Å². The van der Waals surface area contributed by atoms with Crippen molar-refractivity contribution in [3.05, 3.63) is 60.2 Å². The molecule has 23 heavy (non-hydrogen) atoms. The zero-order valence-corrected chi connectivity index (χ0v) is 12.0. The molecular weight excluding hydrogens is 306 g/mol. The Morgan fingerprint density at radius 1 is 1.00 bits per heavy atom. The van der Waals surface area contributed by atoms with Crippen molar-refractivity contribution in [1.82, 2.24) is 5.32 Å². The first kappa shape index (κ1) is 16.4. The molecule has 0 spiro atoms. The molecule has 2 N–H and O–H groups in total. The number of hydrogen-bond acceptors (Lipinski definition) is 3. The molecule has 0 heterocycles. The largest absolute Gasteiger partial charge is 0.484 e. The molecule has 0 unspecified atom stereocenters. The summed E-state index contributed by atoms with van der Waals surface area (Å²) in [6.07, 6.45) is 0. The number of nitrogens with one attached hydrogen (secondary N) is 2. The Kier molecular flexibility index (Phi) is 5.62. The summed E-state index contributed by atoms with van der Waals surface area (Å²) in [7, 11) is 0. The molecule has 120 valence electrons. The van der Waals surface area contributed by atoms with Gasteiger partial charge >= 0.3 is 0 Å². The van der Waals surface area contributed by atoms with Crippen LogP contribution in [0.2, 0.25) is 0 Å². The lowest BCUT2D eigenvalue weighted by Crippen LogP contribution is -2.35. The Morgan fingerprint density at radius 3 is 2.43 bits per heavy atom. The maximum atomic E-state index is 13.4. The minimum Gasteiger partial charge on any atom is -0.484 e. The van der Waals surface area contributed by atoms with Crippen LogP contribution in [-0.2, 0) is 9.59 Å². The number of hydrogen-bond donors (Lipinski definition) is 2. The third-order valence-corrected chi connectivity index (χ3v) is 2.76. The van der Waals surface area contributed by atoms with Crippen molar-refractivity contribution >= 4 is 17.5 Å². The Morgan fingerprint density at radius 2 is 1.74 bits per heavy atom. The van der Waals surface area contributed by atoms with Crippen LogP contribution in [0.25, 0.3) is 0 Å². The molecule has 2 rings (SSSR count). The second-order valence-corrected chi connectivity index (χ2v) is 4.55. The summed E-state index contributed by atoms with van der Waals surface area (Å²) >= 11 is 0. The van der Waals surface area contributed by atoms with Crippen LogP contribution in [0.1, 0.15) is 0 Å². The highest BCUT2D eigenvalue weighted by atomic mass is 19.1. The first-order chi connectivity index (χ1) is 11.0. The summed E-state index contributed by atoms with van der Waals surface area (Å²) in [4.78, 5) is 23.1. The number of amides is 2. The second-order valence-electron chi connectivity index (χ2n) is 4.55. The van der Waals surface area contributed by atoms with Gasteiger partial charge in [0, 0.05) is 6.07 Å². The standard InChI is InChI=1S/C16H14F2N2O3/c17-11-6-7-14(13(18)8-11)20-15(21)9-19-16(22)10-23-12-4-2-1-3-5-12/h1-8H,9-10H2,(H,19,22)(H,20,21). The lowest BCUT2D eigenvalue weighted by molar-refractivity contribution is -0.125. The molecular formula is C16H14F2N2O3. The number of halogens is 2. The highest BCUT2D eigenvalue weighted by Gasteiger charge is 2.10. The highest BCUT2D eigenvalue weighted by Crippen LogP contribution is 2.14. The molecule has 2 amide bonds. The summed E-state index contributed by atoms with van der Waals surface area (Å²) in [6, 6.07) is 11.5. The van der Waals surface area contributed by atoms with Gasteiger partial charge < -0.3 is 15.4 Å². The van der Waals surface area contributed by atoms with E-state index in [-0.39, 0.29) is 18.8 Å². The fourth-order valence-corrected chi connectivity index (χ4v) is 1.68. The molecule has 2 aromatic carbocycles. The van der Waals surface area contributed by atoms with Gasteiger partial charge in [0.25, 0.3) is 5.91 Å². The van der Waals surface area contributed by atoms with Crippen LogP contribution in [-0.4, -0.2) is 25.0 Å². The molecule has 0 bridgehead atoms. The van der Waals surface area contributed by atoms with Crippen LogP contribution in [0.15, 0.2) is 48.5 Å². The smallest absolute Gasteiger partial charge is 0.258 e. The predicted molar refractivity (Wildman–Crippen MR) is 79.9 cm³/mol. The second kappa shape index (κ2) is 7.88. The Labute approximate surface area is 131 Å². The monoisotopic (exact) mass is 320 g/mol. The Hall–Kier alpha value is -2.96. The topological polar surface area (TPSA) is 67.4 Å². The minimum absolute atomic E-state index is 0.161. The number of carbonyl (C=O) groups excluding carboxylic acids is 2. The van der Waals surface area contributed by atoms with Crippen LogP contribution >= 0.6 is 0 Å². The number of anilines is 1. The van der Waals surface area contributed by atoms with E-state index in [0.29, 0.717) is 11.8 Å². The first-order valence-corrected chi connectivity index (χ1v) is 6.74. The molecule has 5 nitrogen and oxygen atoms in total. The van der Waals surface area contributed by atoms with Crippen LogP contribution < -0.4 is 15.4 Å². The van der Waals surface area contributed by atoms with Crippen LogP contribution in [0.4, 0.5) is 14.5 Å². The van der Waals surface area contributed by atoms with E-state index in [1.165, 1.54) is 0 Å². The van der Waals surface area contributed by atoms with E-state index < -0.39 is 23.4 Å². The van der Waals surface area contributed by atoms with E-state index in [2.05, 4.69) is 10.6 Å². The third-order valence-electron chi connectivity index (χ3n) is 2.76. The molecule has 0 aliphatic rings. The molecule has 0 fully saturated rings. The van der Waals surface area contributed by atoms with Crippen molar-refractivity contribution in [1.29, 1.82) is 0 Å². The molecule has 0 atom stereocenters. The SMILES string of the molecule is O=C(COc1ccccc1)NCC(=O)Nc1ccc(F)cc1F. The molecule has 0 saturated heterocycles. The molecule has 2 aromatic rings. The van der Waals surface area contributed by atoms with E-state index in [9.17, 15) is 18.4 Å². The highest BCUT2D eigenvalue weighted by molar-refractivity contribution is 5.94. The van der Waals surface area contributed by atoms with Crippen LogP contribution in [0, 0.1) is 11.6 Å². The van der Waals surface area contributed by atoms with Gasteiger partial charge in [-0.2, -0.15) is 0 Å². The number of para-hydroxylation sites is 1. The van der Waals surface area contributed by atoms with Gasteiger partial charge in [0.2, 0.25) is 5.91 Å². The fraction of sp³-hybridized carbons (Fsp3) is 0.125. The van der Waals surface area contributed by atoms with Gasteiger partial charge in [0.15, 0.2) is 6.61 Å². The van der Waals surface area contributed by atoms with Gasteiger partial charge in [-0.15, -0.1) is 0 Å². The van der Waals surface area contributed by atoms with Crippen molar-refractivity contribution in [2.75, 3.05) is 18.5 Å². The van der Waals surface area contributed by atoms with E-state index in [1.54, 1.807) is 24.3 Å². The fourth-order valence-electron chi connectivity index (χ4n) is 1.68. The van der Waals surface area contributed by atoms with Crippen molar-refractivity contribution < 1.29 is 23.1 Å². The maximum absolute atomic E-state index is 13.4. The first-order valence-electron chi connectivity index (χ1n) is 6.74. The molecule has 0 aromatic heterocycles. The zero-order chi connectivity index (χ0) is 16.7. The van der Waals surface area contributed by atoms with Gasteiger partial charge in [-0.05, 0) is 24.3 Å². The van der Waals surface area contributed by atoms with Crippen molar-refractivity contribution in [2.24, 2.45) is 0 Å². The van der Waals surface area contributed by atoms with Gasteiger partial charge in [-0.3, -0.25) is 9.59 Å². The van der Waals surface area contributed by atoms with Crippen LogP contribution in [0.3, 0.4) is 0 Å². The summed E-state index contributed by atoms with van der Waals surface area (Å²) in [5, 5.41) is 4.56. The third kappa shape index (κ3) is 5.39. The predicted octanol–water partition coefficient (Wildman–Crippen LogP) is 2.10. The zero-order valence-electron chi connectivity index (χ0n) is 12.0. The number of rotatable bonds is 6. The quantitative estimate of drug-likeness (QED) is 0.856. The van der Waals surface area contributed by atoms with E-state index in [0.717, 1.165) is 12.1 Å². The summed E-state index contributed by atoms with van der Waals surface area (Å²) in [5.41, 5.74) is -0.161. The molecule has 0 radical (unpaired) electrons.